The van der Waals surface area contributed by atoms with Gasteiger partial charge in [-0.3, -0.25) is 0 Å². The highest BCUT2D eigenvalue weighted by Crippen LogP contribution is 2.21. The van der Waals surface area contributed by atoms with Crippen molar-refractivity contribution in [1.29, 1.82) is 0 Å². The Morgan fingerprint density at radius 1 is 0.947 bits per heavy atom. The number of benzene rings is 1. The van der Waals surface area contributed by atoms with Crippen molar-refractivity contribution < 1.29 is 8.42 Å². The van der Waals surface area contributed by atoms with Gasteiger partial charge in [0.25, 0.3) is 0 Å². The van der Waals surface area contributed by atoms with E-state index in [2.05, 4.69) is 5.32 Å². The van der Waals surface area contributed by atoms with E-state index in [9.17, 15) is 8.42 Å². The van der Waals surface area contributed by atoms with Crippen LogP contribution < -0.4 is 5.32 Å². The molecule has 0 aromatic heterocycles. The molecular formula is C15H23NO2S. The van der Waals surface area contributed by atoms with E-state index < -0.39 is 9.84 Å². The molecule has 1 N–H and O–H groups in total. The molecule has 1 aromatic carbocycles. The topological polar surface area (TPSA) is 46.2 Å². The first-order valence-electron chi connectivity index (χ1n) is 7.12. The zero-order valence-electron chi connectivity index (χ0n) is 11.6. The van der Waals surface area contributed by atoms with E-state index in [1.807, 2.05) is 12.1 Å². The van der Waals surface area contributed by atoms with E-state index in [0.29, 0.717) is 10.9 Å². The summed E-state index contributed by atoms with van der Waals surface area (Å²) in [6.07, 6.45) is 10.3. The smallest absolute Gasteiger partial charge is 0.175 e. The molecule has 4 heteroatoms. The van der Waals surface area contributed by atoms with Gasteiger partial charge in [-0.05, 0) is 37.1 Å². The summed E-state index contributed by atoms with van der Waals surface area (Å²) in [6.45, 7) is 0. The fourth-order valence-electron chi connectivity index (χ4n) is 2.63. The van der Waals surface area contributed by atoms with E-state index in [1.165, 1.54) is 51.2 Å². The Bertz CT molecular complexity index is 485. The average molecular weight is 281 g/mol. The van der Waals surface area contributed by atoms with Crippen molar-refractivity contribution in [2.24, 2.45) is 0 Å². The lowest BCUT2D eigenvalue weighted by Gasteiger charge is -2.22. The molecule has 0 radical (unpaired) electrons. The molecule has 19 heavy (non-hydrogen) atoms. The van der Waals surface area contributed by atoms with Crippen LogP contribution in [0.2, 0.25) is 0 Å². The van der Waals surface area contributed by atoms with Crippen LogP contribution in [0.15, 0.2) is 29.2 Å². The van der Waals surface area contributed by atoms with Gasteiger partial charge in [0, 0.05) is 18.0 Å². The minimum atomic E-state index is -3.09. The third-order valence-corrected chi connectivity index (χ3v) is 4.89. The van der Waals surface area contributed by atoms with E-state index in [1.54, 1.807) is 12.1 Å². The highest BCUT2D eigenvalue weighted by Gasteiger charge is 2.12. The van der Waals surface area contributed by atoms with Gasteiger partial charge in [-0.15, -0.1) is 0 Å². The molecule has 3 nitrogen and oxygen atoms in total. The van der Waals surface area contributed by atoms with Gasteiger partial charge < -0.3 is 5.32 Å². The summed E-state index contributed by atoms with van der Waals surface area (Å²) in [4.78, 5) is 0.385. The highest BCUT2D eigenvalue weighted by atomic mass is 32.2. The molecule has 1 saturated carbocycles. The molecule has 0 saturated heterocycles. The van der Waals surface area contributed by atoms with Crippen LogP contribution in [0, 0.1) is 0 Å². The Morgan fingerprint density at radius 2 is 1.47 bits per heavy atom. The average Bonchev–Trinajstić information content (AvgIpc) is 2.32. The van der Waals surface area contributed by atoms with Crippen molar-refractivity contribution in [3.05, 3.63) is 24.3 Å². The molecule has 0 bridgehead atoms. The quantitative estimate of drug-likeness (QED) is 0.920. The lowest BCUT2D eigenvalue weighted by atomic mass is 9.96. The molecule has 1 aromatic rings. The minimum absolute atomic E-state index is 0.385. The fourth-order valence-corrected chi connectivity index (χ4v) is 3.27. The fraction of sp³-hybridized carbons (Fsp3) is 0.600. The molecule has 1 fully saturated rings. The summed E-state index contributed by atoms with van der Waals surface area (Å²) in [5.74, 6) is 0. The molecule has 2 rings (SSSR count). The van der Waals surface area contributed by atoms with E-state index >= 15 is 0 Å². The van der Waals surface area contributed by atoms with E-state index in [-0.39, 0.29) is 0 Å². The van der Waals surface area contributed by atoms with E-state index in [4.69, 9.17) is 0 Å². The van der Waals surface area contributed by atoms with Gasteiger partial charge in [0.15, 0.2) is 9.84 Å². The maximum atomic E-state index is 11.4. The van der Waals surface area contributed by atoms with Crippen LogP contribution in [0.5, 0.6) is 0 Å². The predicted molar refractivity (Wildman–Crippen MR) is 79.3 cm³/mol. The summed E-state index contributed by atoms with van der Waals surface area (Å²) < 4.78 is 22.8. The first-order chi connectivity index (χ1) is 9.05. The normalized spacial score (nSPS) is 18.6. The minimum Gasteiger partial charge on any atom is -0.382 e. The number of nitrogens with one attached hydrogen (secondary N) is 1. The Labute approximate surface area is 116 Å². The molecule has 0 atom stereocenters. The molecule has 0 aliphatic heterocycles. The highest BCUT2D eigenvalue weighted by molar-refractivity contribution is 7.90. The van der Waals surface area contributed by atoms with Crippen LogP contribution >= 0.6 is 0 Å². The number of hydrogen-bond acceptors (Lipinski definition) is 3. The third kappa shape index (κ3) is 4.53. The van der Waals surface area contributed by atoms with Crippen molar-refractivity contribution in [3.8, 4) is 0 Å². The van der Waals surface area contributed by atoms with Gasteiger partial charge in [-0.2, -0.15) is 0 Å². The van der Waals surface area contributed by atoms with Gasteiger partial charge >= 0.3 is 0 Å². The zero-order valence-corrected chi connectivity index (χ0v) is 12.4. The van der Waals surface area contributed by atoms with Gasteiger partial charge in [-0.1, -0.05) is 32.1 Å². The molecule has 1 aliphatic carbocycles. The second-order valence-corrected chi connectivity index (χ2v) is 7.50. The van der Waals surface area contributed by atoms with Gasteiger partial charge in [0.05, 0.1) is 4.90 Å². The Kier molecular flexibility index (Phi) is 4.86. The van der Waals surface area contributed by atoms with Crippen molar-refractivity contribution in [2.45, 2.75) is 55.9 Å². The van der Waals surface area contributed by atoms with Crippen molar-refractivity contribution >= 4 is 15.5 Å². The monoisotopic (exact) mass is 281 g/mol. The summed E-state index contributed by atoms with van der Waals surface area (Å²) >= 11 is 0. The molecule has 1 aliphatic rings. The van der Waals surface area contributed by atoms with Crippen molar-refractivity contribution in [1.82, 2.24) is 0 Å². The Balaban J connectivity index is 1.98. The Hall–Kier alpha value is -1.03. The van der Waals surface area contributed by atoms with Crippen LogP contribution in [0.4, 0.5) is 5.69 Å². The summed E-state index contributed by atoms with van der Waals surface area (Å²) in [7, 11) is -3.09. The molecule has 0 spiro atoms. The van der Waals surface area contributed by atoms with Crippen LogP contribution in [0.1, 0.15) is 44.9 Å². The molecule has 0 amide bonds. The summed E-state index contributed by atoms with van der Waals surface area (Å²) in [5.41, 5.74) is 1.03. The van der Waals surface area contributed by atoms with Gasteiger partial charge in [0.1, 0.15) is 0 Å². The second kappa shape index (κ2) is 6.42. The first kappa shape index (κ1) is 14.4. The molecule has 106 valence electrons. The SMILES string of the molecule is CS(=O)(=O)c1ccc(NC2CCCCCCC2)cc1. The molecule has 0 unspecified atom stereocenters. The number of anilines is 1. The standard InChI is InChI=1S/C15H23NO2S/c1-19(17,18)15-11-9-14(10-12-15)16-13-7-5-3-2-4-6-8-13/h9-13,16H,2-8H2,1H3. The molecular weight excluding hydrogens is 258 g/mol. The largest absolute Gasteiger partial charge is 0.382 e. The van der Waals surface area contributed by atoms with E-state index in [0.717, 1.165) is 5.69 Å². The number of sulfone groups is 1. The van der Waals surface area contributed by atoms with Crippen molar-refractivity contribution in [3.63, 3.8) is 0 Å². The number of hydrogen-bond donors (Lipinski definition) is 1. The van der Waals surface area contributed by atoms with Crippen LogP contribution in [-0.2, 0) is 9.84 Å². The first-order valence-corrected chi connectivity index (χ1v) is 9.01. The Morgan fingerprint density at radius 3 is 2.00 bits per heavy atom. The maximum absolute atomic E-state index is 11.4. The maximum Gasteiger partial charge on any atom is 0.175 e. The van der Waals surface area contributed by atoms with Crippen LogP contribution in [-0.4, -0.2) is 20.7 Å². The second-order valence-electron chi connectivity index (χ2n) is 5.48. The number of rotatable bonds is 3. The van der Waals surface area contributed by atoms with Gasteiger partial charge in [-0.25, -0.2) is 8.42 Å². The lowest BCUT2D eigenvalue weighted by molar-refractivity contribution is 0.471. The van der Waals surface area contributed by atoms with Crippen LogP contribution in [0.3, 0.4) is 0 Å². The van der Waals surface area contributed by atoms with Gasteiger partial charge in [0.2, 0.25) is 0 Å². The predicted octanol–water partition coefficient (Wildman–Crippen LogP) is 3.61. The van der Waals surface area contributed by atoms with Crippen molar-refractivity contribution in [2.75, 3.05) is 11.6 Å². The third-order valence-electron chi connectivity index (χ3n) is 3.76. The molecule has 0 heterocycles. The zero-order chi connectivity index (χ0) is 13.7. The lowest BCUT2D eigenvalue weighted by Crippen LogP contribution is -2.20. The summed E-state index contributed by atoms with van der Waals surface area (Å²) in [5, 5.41) is 3.53. The summed E-state index contributed by atoms with van der Waals surface area (Å²) in [6, 6.07) is 7.63. The van der Waals surface area contributed by atoms with Crippen LogP contribution in [0.25, 0.3) is 0 Å².